The van der Waals surface area contributed by atoms with Crippen LogP contribution in [0.4, 0.5) is 42.2 Å². The van der Waals surface area contributed by atoms with Crippen LogP contribution in [0.25, 0.3) is 10.9 Å². The van der Waals surface area contributed by atoms with Crippen molar-refractivity contribution in [3.63, 3.8) is 0 Å². The lowest BCUT2D eigenvalue weighted by Gasteiger charge is -2.27. The van der Waals surface area contributed by atoms with Crippen LogP contribution in [0, 0.1) is 28.9 Å². The quantitative estimate of drug-likeness (QED) is 0.263. The van der Waals surface area contributed by atoms with E-state index in [0.29, 0.717) is 4.90 Å². The van der Waals surface area contributed by atoms with Gasteiger partial charge in [-0.1, -0.05) is 12.0 Å². The largest absolute Gasteiger partial charge is 0.405 e. The number of rotatable bonds is 5. The third kappa shape index (κ3) is 4.82. The number of alkyl halides is 5. The first-order valence-electron chi connectivity index (χ1n) is 10.4. The van der Waals surface area contributed by atoms with E-state index in [0.717, 1.165) is 30.5 Å². The SMILES string of the molecule is O=c1nc(N(CC(F)F)c2ccnc(C#CC3(C(F)(F)F)CC3)c2F)c2c(F)cccc2n1C(O)(O)O. The van der Waals surface area contributed by atoms with E-state index in [4.69, 9.17) is 0 Å². The zero-order chi connectivity index (χ0) is 27.3. The normalized spacial score (nSPS) is 15.0. The second-order valence-electron chi connectivity index (χ2n) is 8.11. The van der Waals surface area contributed by atoms with E-state index in [1.807, 2.05) is 11.8 Å². The molecule has 0 saturated heterocycles. The molecule has 1 aromatic carbocycles. The second-order valence-corrected chi connectivity index (χ2v) is 8.11. The van der Waals surface area contributed by atoms with E-state index in [1.165, 1.54) is 0 Å². The van der Waals surface area contributed by atoms with Gasteiger partial charge >= 0.3 is 18.0 Å². The Bertz CT molecular complexity index is 1490. The first-order chi connectivity index (χ1) is 17.2. The van der Waals surface area contributed by atoms with Crippen molar-refractivity contribution in [2.45, 2.75) is 31.5 Å². The number of hydrogen-bond donors (Lipinski definition) is 3. The molecule has 1 saturated carbocycles. The van der Waals surface area contributed by atoms with Gasteiger partial charge in [0, 0.05) is 6.20 Å². The van der Waals surface area contributed by atoms with E-state index in [-0.39, 0.29) is 17.4 Å². The van der Waals surface area contributed by atoms with Gasteiger partial charge < -0.3 is 20.2 Å². The molecule has 1 fully saturated rings. The molecule has 196 valence electrons. The van der Waals surface area contributed by atoms with Gasteiger partial charge in [-0.25, -0.2) is 31.9 Å². The summed E-state index contributed by atoms with van der Waals surface area (Å²) < 4.78 is 96.7. The monoisotopic (exact) mass is 532 g/mol. The molecule has 2 aromatic heterocycles. The average Bonchev–Trinajstić information content (AvgIpc) is 3.57. The fourth-order valence-electron chi connectivity index (χ4n) is 3.65. The van der Waals surface area contributed by atoms with Crippen LogP contribution in [0.2, 0.25) is 0 Å². The third-order valence-electron chi connectivity index (χ3n) is 5.60. The van der Waals surface area contributed by atoms with Crippen LogP contribution < -0.4 is 10.6 Å². The lowest BCUT2D eigenvalue weighted by Crippen LogP contribution is -2.43. The van der Waals surface area contributed by atoms with Crippen LogP contribution in [0.5, 0.6) is 0 Å². The van der Waals surface area contributed by atoms with Crippen molar-refractivity contribution in [2.75, 3.05) is 11.4 Å². The third-order valence-corrected chi connectivity index (χ3v) is 5.60. The number of benzene rings is 1. The highest BCUT2D eigenvalue weighted by Gasteiger charge is 2.62. The average molecular weight is 532 g/mol. The first-order valence-corrected chi connectivity index (χ1v) is 10.4. The molecule has 3 aromatic rings. The molecule has 2 heterocycles. The number of halogens is 7. The van der Waals surface area contributed by atoms with Crippen LogP contribution >= 0.6 is 0 Å². The van der Waals surface area contributed by atoms with Gasteiger partial charge in [0.25, 0.3) is 6.43 Å². The van der Waals surface area contributed by atoms with Crippen LogP contribution in [0.3, 0.4) is 0 Å². The van der Waals surface area contributed by atoms with Gasteiger partial charge in [0.15, 0.2) is 17.3 Å². The standard InChI is InChI=1S/C22H15F7N4O4/c23-11-2-1-3-13-16(11)18(31-19(34)33(13)22(35,36)37)32(10-15(24)25)14-5-9-30-12(17(14)26)4-6-20(7-8-20)21(27,28)29/h1-3,5,9,15,35-37H,7-8,10H2. The van der Waals surface area contributed by atoms with Crippen molar-refractivity contribution in [1.29, 1.82) is 0 Å². The Morgan fingerprint density at radius 3 is 2.38 bits per heavy atom. The zero-order valence-electron chi connectivity index (χ0n) is 18.3. The molecule has 1 aliphatic rings. The number of nitrogens with zero attached hydrogens (tertiary/aromatic N) is 4. The summed E-state index contributed by atoms with van der Waals surface area (Å²) in [6.45, 7) is -1.39. The summed E-state index contributed by atoms with van der Waals surface area (Å²) >= 11 is 0. The van der Waals surface area contributed by atoms with Gasteiger partial charge in [-0.15, -0.1) is 0 Å². The minimum absolute atomic E-state index is 0.151. The Morgan fingerprint density at radius 2 is 1.81 bits per heavy atom. The zero-order valence-corrected chi connectivity index (χ0v) is 18.3. The fraction of sp³-hybridized carbons (Fsp3) is 0.318. The molecular weight excluding hydrogens is 517 g/mol. The Balaban J connectivity index is 1.94. The molecule has 15 heteroatoms. The number of pyridine rings is 1. The molecule has 3 N–H and O–H groups in total. The second kappa shape index (κ2) is 8.98. The highest BCUT2D eigenvalue weighted by Crippen LogP contribution is 2.57. The lowest BCUT2D eigenvalue weighted by molar-refractivity contribution is -0.374. The van der Waals surface area contributed by atoms with Crippen molar-refractivity contribution in [3.05, 3.63) is 58.3 Å². The van der Waals surface area contributed by atoms with E-state index in [9.17, 15) is 46.5 Å². The molecule has 0 unspecified atom stereocenters. The lowest BCUT2D eigenvalue weighted by atomic mass is 10.1. The summed E-state index contributed by atoms with van der Waals surface area (Å²) in [4.78, 5) is 19.8. The van der Waals surface area contributed by atoms with Crippen molar-refractivity contribution in [3.8, 4) is 11.8 Å². The summed E-state index contributed by atoms with van der Waals surface area (Å²) in [5.41, 5.74) is -6.30. The van der Waals surface area contributed by atoms with Gasteiger partial charge in [0.1, 0.15) is 11.2 Å². The highest BCUT2D eigenvalue weighted by molar-refractivity contribution is 5.92. The molecule has 8 nitrogen and oxygen atoms in total. The number of aromatic nitrogens is 3. The van der Waals surface area contributed by atoms with E-state index in [2.05, 4.69) is 9.97 Å². The first kappa shape index (κ1) is 26.3. The van der Waals surface area contributed by atoms with E-state index in [1.54, 1.807) is 0 Å². The topological polar surface area (TPSA) is 112 Å². The molecule has 4 rings (SSSR count). The number of fused-ring (bicyclic) bond motifs is 1. The maximum absolute atomic E-state index is 15.4. The number of hydrogen-bond acceptors (Lipinski definition) is 7. The van der Waals surface area contributed by atoms with Crippen molar-refractivity contribution in [1.82, 2.24) is 14.5 Å². The van der Waals surface area contributed by atoms with Crippen LogP contribution in [-0.2, 0) is 6.10 Å². The Kier molecular flexibility index (Phi) is 6.39. The van der Waals surface area contributed by atoms with Crippen LogP contribution in [0.15, 0.2) is 35.3 Å². The summed E-state index contributed by atoms with van der Waals surface area (Å²) in [7, 11) is 0. The number of aliphatic hydroxyl groups is 3. The molecule has 37 heavy (non-hydrogen) atoms. The maximum atomic E-state index is 15.4. The smallest absolute Gasteiger partial charge is 0.325 e. The minimum atomic E-state index is -4.68. The number of anilines is 2. The van der Waals surface area contributed by atoms with Gasteiger partial charge in [-0.05, 0) is 37.0 Å². The molecule has 1 aliphatic carbocycles. The van der Waals surface area contributed by atoms with E-state index >= 15 is 4.39 Å². The summed E-state index contributed by atoms with van der Waals surface area (Å²) in [5, 5.41) is 27.8. The van der Waals surface area contributed by atoms with Gasteiger partial charge in [-0.2, -0.15) is 18.2 Å². The fourth-order valence-corrected chi connectivity index (χ4v) is 3.65. The van der Waals surface area contributed by atoms with Gasteiger partial charge in [0.2, 0.25) is 0 Å². The predicted molar refractivity (Wildman–Crippen MR) is 112 cm³/mol. The molecule has 0 radical (unpaired) electrons. The van der Waals surface area contributed by atoms with Crippen LogP contribution in [-0.4, -0.2) is 49.0 Å². The van der Waals surface area contributed by atoms with Gasteiger partial charge in [0.05, 0.1) is 23.1 Å². The Labute approximate surface area is 202 Å². The Hall–Kier alpha value is -3.74. The van der Waals surface area contributed by atoms with Crippen molar-refractivity contribution in [2.24, 2.45) is 5.41 Å². The molecule has 0 amide bonds. The summed E-state index contributed by atoms with van der Waals surface area (Å²) in [6.07, 6.45) is -11.5. The van der Waals surface area contributed by atoms with E-state index < -0.39 is 76.1 Å². The van der Waals surface area contributed by atoms with Crippen molar-refractivity contribution < 1.29 is 46.1 Å². The van der Waals surface area contributed by atoms with Crippen LogP contribution in [0.1, 0.15) is 18.5 Å². The minimum Gasteiger partial charge on any atom is -0.325 e. The molecule has 0 bridgehead atoms. The summed E-state index contributed by atoms with van der Waals surface area (Å²) in [6, 6.07) is 3.54. The van der Waals surface area contributed by atoms with Crippen molar-refractivity contribution >= 4 is 22.4 Å². The molecule has 0 atom stereocenters. The molecule has 0 spiro atoms. The Morgan fingerprint density at radius 1 is 1.14 bits per heavy atom. The molecule has 0 aliphatic heterocycles. The molecular formula is C22H15F7N4O4. The predicted octanol–water partition coefficient (Wildman–Crippen LogP) is 2.71. The summed E-state index contributed by atoms with van der Waals surface area (Å²) in [5.74, 6) is 0.322. The highest BCUT2D eigenvalue weighted by atomic mass is 19.4. The maximum Gasteiger partial charge on any atom is 0.405 e. The van der Waals surface area contributed by atoms with Gasteiger partial charge in [-0.3, -0.25) is 0 Å².